The van der Waals surface area contributed by atoms with E-state index in [9.17, 15) is 0 Å². The molecule has 45 heavy (non-hydrogen) atoms. The number of para-hydroxylation sites is 1. The van der Waals surface area contributed by atoms with Crippen LogP contribution in [0.5, 0.6) is 0 Å². The second kappa shape index (κ2) is 10.5. The van der Waals surface area contributed by atoms with Gasteiger partial charge in [-0.3, -0.25) is 0 Å². The van der Waals surface area contributed by atoms with Crippen molar-refractivity contribution in [2.75, 3.05) is 0 Å². The standard InChI is InChI=1S/C44H30O/c1-3-15-29(16-4-1)31-19-7-8-20-33(31)41-34-21-9-11-23-36(34)42(37-24-12-10-22-35(37)41)44-32(30-17-5-2-6-18-30)27-28-40-43(44)38-25-13-14-26-39(38)45-40/h1-28,34,36H/i1D,2D,3D,4D,5D,6D,15D,16D,17D,18D. The molecule has 2 aliphatic carbocycles. The van der Waals surface area contributed by atoms with Crippen molar-refractivity contribution in [2.24, 2.45) is 11.8 Å². The summed E-state index contributed by atoms with van der Waals surface area (Å²) in [6.45, 7) is 0. The third-order valence-corrected chi connectivity index (χ3v) is 8.88. The number of hydrogen-bond acceptors (Lipinski definition) is 1. The van der Waals surface area contributed by atoms with Gasteiger partial charge in [-0.25, -0.2) is 0 Å². The molecule has 2 aliphatic rings. The Bertz CT molecular complexity index is 2950. The molecule has 0 amide bonds. The minimum absolute atomic E-state index is 0.0892. The van der Waals surface area contributed by atoms with E-state index in [4.69, 9.17) is 18.1 Å². The van der Waals surface area contributed by atoms with Gasteiger partial charge in [0, 0.05) is 22.6 Å². The van der Waals surface area contributed by atoms with Crippen molar-refractivity contribution in [3.05, 3.63) is 191 Å². The monoisotopic (exact) mass is 584 g/mol. The highest BCUT2D eigenvalue weighted by Crippen LogP contribution is 2.47. The van der Waals surface area contributed by atoms with Gasteiger partial charge in [-0.05, 0) is 67.1 Å². The normalized spacial score (nSPS) is 20.2. The maximum atomic E-state index is 9.07. The number of benzene rings is 6. The summed E-state index contributed by atoms with van der Waals surface area (Å²) in [5.41, 5.74) is 5.63. The summed E-state index contributed by atoms with van der Waals surface area (Å²) in [4.78, 5) is 0. The lowest BCUT2D eigenvalue weighted by molar-refractivity contribution is 0.668. The predicted octanol–water partition coefficient (Wildman–Crippen LogP) is 9.69. The van der Waals surface area contributed by atoms with E-state index in [1.54, 1.807) is 24.3 Å². The number of allylic oxidation sites excluding steroid dienone is 4. The van der Waals surface area contributed by atoms with E-state index < -0.39 is 36.3 Å². The van der Waals surface area contributed by atoms with Gasteiger partial charge in [0.2, 0.25) is 0 Å². The Morgan fingerprint density at radius 2 is 1.07 bits per heavy atom. The summed E-state index contributed by atoms with van der Waals surface area (Å²) in [5, 5.41) is 3.28. The second-order valence-corrected chi connectivity index (χ2v) is 11.2. The van der Waals surface area contributed by atoms with Crippen LogP contribution in [0.1, 0.15) is 24.8 Å². The van der Waals surface area contributed by atoms with Crippen molar-refractivity contribution < 1.29 is 18.1 Å². The lowest BCUT2D eigenvalue weighted by Gasteiger charge is -2.35. The van der Waals surface area contributed by atoms with Gasteiger partial charge in [-0.1, -0.05) is 158 Å². The van der Waals surface area contributed by atoms with E-state index in [1.165, 1.54) is 0 Å². The summed E-state index contributed by atoms with van der Waals surface area (Å²) in [6.07, 6.45) is 8.17. The van der Waals surface area contributed by atoms with Crippen molar-refractivity contribution in [3.8, 4) is 22.3 Å². The summed E-state index contributed by atoms with van der Waals surface area (Å²) >= 11 is 0. The number of rotatable bonds is 4. The molecule has 0 aliphatic heterocycles. The van der Waals surface area contributed by atoms with Crippen LogP contribution in [0.3, 0.4) is 0 Å². The van der Waals surface area contributed by atoms with Gasteiger partial charge in [0.1, 0.15) is 11.2 Å². The molecule has 0 saturated heterocycles. The molecule has 2 atom stereocenters. The Morgan fingerprint density at radius 3 is 1.80 bits per heavy atom. The average Bonchev–Trinajstić information content (AvgIpc) is 3.59. The van der Waals surface area contributed by atoms with Crippen molar-refractivity contribution in [2.45, 2.75) is 0 Å². The van der Waals surface area contributed by atoms with Crippen LogP contribution < -0.4 is 10.4 Å². The van der Waals surface area contributed by atoms with Crippen LogP contribution in [0.2, 0.25) is 0 Å². The first-order chi connectivity index (χ1) is 26.5. The molecule has 0 spiro atoms. The fraction of sp³-hybridized carbons (Fsp3) is 0.0455. The quantitative estimate of drug-likeness (QED) is 0.201. The first-order valence-electron chi connectivity index (χ1n) is 19.9. The van der Waals surface area contributed by atoms with Gasteiger partial charge in [-0.15, -0.1) is 0 Å². The van der Waals surface area contributed by atoms with E-state index in [0.717, 1.165) is 37.9 Å². The lowest BCUT2D eigenvalue weighted by Crippen LogP contribution is -2.40. The molecule has 9 rings (SSSR count). The second-order valence-electron chi connectivity index (χ2n) is 11.2. The molecule has 212 valence electrons. The Balaban J connectivity index is 1.49. The maximum absolute atomic E-state index is 9.07. The zero-order valence-corrected chi connectivity index (χ0v) is 24.0. The molecular weight excluding hydrogens is 544 g/mol. The SMILES string of the molecule is [2H]c1c([2H])c([2H])c(-c2ccccc2C2=c3ccccc3=C(c3c(-c4c([2H])c([2H])c([2H])c([2H])c4[2H])ccc4oc5ccccc5c34)C3C=CC=CC23)c([2H])c1[2H]. The van der Waals surface area contributed by atoms with E-state index in [0.29, 0.717) is 27.9 Å². The van der Waals surface area contributed by atoms with Crippen LogP contribution >= 0.6 is 0 Å². The van der Waals surface area contributed by atoms with Crippen LogP contribution in [0, 0.1) is 11.8 Å². The van der Waals surface area contributed by atoms with Crippen molar-refractivity contribution in [3.63, 3.8) is 0 Å². The summed E-state index contributed by atoms with van der Waals surface area (Å²) in [7, 11) is 0. The number of fused-ring (bicyclic) bond motifs is 5. The molecule has 1 heteroatoms. The van der Waals surface area contributed by atoms with Crippen LogP contribution in [-0.4, -0.2) is 0 Å². The molecule has 2 unspecified atom stereocenters. The van der Waals surface area contributed by atoms with Gasteiger partial charge in [0.05, 0.1) is 13.7 Å². The smallest absolute Gasteiger partial charge is 0.136 e. The molecule has 0 saturated carbocycles. The van der Waals surface area contributed by atoms with Crippen molar-refractivity contribution in [1.82, 2.24) is 0 Å². The molecule has 1 nitrogen and oxygen atoms in total. The first-order valence-corrected chi connectivity index (χ1v) is 14.9. The molecule has 0 N–H and O–H groups in total. The fourth-order valence-corrected chi connectivity index (χ4v) is 7.11. The largest absolute Gasteiger partial charge is 0.456 e. The highest BCUT2D eigenvalue weighted by molar-refractivity contribution is 6.13. The van der Waals surface area contributed by atoms with Crippen LogP contribution in [-0.2, 0) is 0 Å². The van der Waals surface area contributed by atoms with Gasteiger partial charge in [0.25, 0.3) is 0 Å². The summed E-state index contributed by atoms with van der Waals surface area (Å²) in [6, 6.07) is 22.8. The zero-order chi connectivity index (χ0) is 38.4. The molecule has 7 aromatic rings. The van der Waals surface area contributed by atoms with Crippen molar-refractivity contribution >= 4 is 33.1 Å². The highest BCUT2D eigenvalue weighted by atomic mass is 16.3. The van der Waals surface area contributed by atoms with Gasteiger partial charge >= 0.3 is 0 Å². The molecular formula is C44H30O. The Labute approximate surface area is 276 Å². The minimum Gasteiger partial charge on any atom is -0.456 e. The van der Waals surface area contributed by atoms with E-state index >= 15 is 0 Å². The van der Waals surface area contributed by atoms with Crippen molar-refractivity contribution in [1.29, 1.82) is 0 Å². The van der Waals surface area contributed by atoms with Gasteiger partial charge in [-0.2, -0.15) is 0 Å². The van der Waals surface area contributed by atoms with E-state index in [1.807, 2.05) is 72.8 Å². The van der Waals surface area contributed by atoms with Crippen LogP contribution in [0.15, 0.2) is 174 Å². The zero-order valence-electron chi connectivity index (χ0n) is 34.0. The highest BCUT2D eigenvalue weighted by Gasteiger charge is 2.35. The molecule has 0 bridgehead atoms. The van der Waals surface area contributed by atoms with Gasteiger partial charge in [0.15, 0.2) is 0 Å². The Morgan fingerprint density at radius 1 is 0.489 bits per heavy atom. The summed E-state index contributed by atoms with van der Waals surface area (Å²) < 4.78 is 92.9. The van der Waals surface area contributed by atoms with E-state index in [2.05, 4.69) is 12.2 Å². The molecule has 0 radical (unpaired) electrons. The third-order valence-electron chi connectivity index (χ3n) is 8.88. The maximum Gasteiger partial charge on any atom is 0.136 e. The topological polar surface area (TPSA) is 13.1 Å². The molecule has 0 fully saturated rings. The lowest BCUT2D eigenvalue weighted by atomic mass is 9.68. The Hall–Kier alpha value is -5.66. The average molecular weight is 585 g/mol. The predicted molar refractivity (Wildman–Crippen MR) is 187 cm³/mol. The third kappa shape index (κ3) is 4.08. The summed E-state index contributed by atoms with van der Waals surface area (Å²) in [5.74, 6) is -0.659. The number of furan rings is 1. The first kappa shape index (κ1) is 17.6. The molecule has 1 heterocycles. The number of hydrogen-bond donors (Lipinski definition) is 0. The van der Waals surface area contributed by atoms with E-state index in [-0.39, 0.29) is 47.1 Å². The van der Waals surface area contributed by atoms with Crippen LogP contribution in [0.25, 0.3) is 55.3 Å². The molecule has 1 aromatic heterocycles. The molecule has 6 aromatic carbocycles. The Kier molecular flexibility index (Phi) is 4.11. The van der Waals surface area contributed by atoms with Gasteiger partial charge < -0.3 is 4.42 Å². The fourth-order valence-electron chi connectivity index (χ4n) is 7.11. The minimum atomic E-state index is -0.469. The van der Waals surface area contributed by atoms with Crippen LogP contribution in [0.4, 0.5) is 0 Å².